The van der Waals surface area contributed by atoms with Crippen molar-refractivity contribution < 1.29 is 4.92 Å². The Kier molecular flexibility index (Phi) is 5.12. The van der Waals surface area contributed by atoms with Crippen molar-refractivity contribution in [3.05, 3.63) is 39.9 Å². The number of hydrogen-bond donors (Lipinski definition) is 1. The molecule has 110 valence electrons. The van der Waals surface area contributed by atoms with Crippen molar-refractivity contribution in [3.63, 3.8) is 0 Å². The first kappa shape index (κ1) is 15.0. The third-order valence-electron chi connectivity index (χ3n) is 4.19. The predicted octanol–water partition coefficient (Wildman–Crippen LogP) is 3.55. The van der Waals surface area contributed by atoms with E-state index < -0.39 is 0 Å². The highest BCUT2D eigenvalue weighted by molar-refractivity contribution is 5.39. The molecule has 0 spiro atoms. The van der Waals surface area contributed by atoms with Gasteiger partial charge in [0.25, 0.3) is 5.69 Å². The van der Waals surface area contributed by atoms with Crippen LogP contribution in [0.15, 0.2) is 24.3 Å². The van der Waals surface area contributed by atoms with Crippen LogP contribution < -0.4 is 5.32 Å². The fraction of sp³-hybridized carbons (Fsp3) is 0.625. The summed E-state index contributed by atoms with van der Waals surface area (Å²) in [4.78, 5) is 10.7. The summed E-state index contributed by atoms with van der Waals surface area (Å²) >= 11 is 0. The van der Waals surface area contributed by atoms with Crippen LogP contribution in [0.3, 0.4) is 0 Å². The topological polar surface area (TPSA) is 55.2 Å². The summed E-state index contributed by atoms with van der Waals surface area (Å²) in [5.41, 5.74) is 1.06. The molecular formula is C16H24N2O2. The van der Waals surface area contributed by atoms with E-state index in [0.717, 1.165) is 30.4 Å². The summed E-state index contributed by atoms with van der Waals surface area (Å²) in [6.07, 6.45) is 4.49. The second kappa shape index (κ2) is 6.84. The molecule has 1 aliphatic rings. The zero-order valence-electron chi connectivity index (χ0n) is 12.3. The molecule has 0 heterocycles. The molecule has 1 N–H and O–H groups in total. The number of nitro benzene ring substituents is 1. The molecule has 0 aromatic heterocycles. The molecule has 1 aromatic carbocycles. The number of rotatable bonds is 5. The summed E-state index contributed by atoms with van der Waals surface area (Å²) in [6, 6.07) is 7.59. The lowest BCUT2D eigenvalue weighted by molar-refractivity contribution is -0.385. The molecule has 1 aliphatic carbocycles. The smallest absolute Gasteiger partial charge is 0.272 e. The molecule has 1 aromatic rings. The van der Waals surface area contributed by atoms with Crippen LogP contribution in [-0.2, 0) is 6.42 Å². The number of nitro groups is 1. The third kappa shape index (κ3) is 4.04. The summed E-state index contributed by atoms with van der Waals surface area (Å²) < 4.78 is 0. The maximum absolute atomic E-state index is 11.0. The van der Waals surface area contributed by atoms with Gasteiger partial charge in [0, 0.05) is 17.7 Å². The van der Waals surface area contributed by atoms with Crippen molar-refractivity contribution in [2.75, 3.05) is 6.54 Å². The molecule has 4 nitrogen and oxygen atoms in total. The number of para-hydroxylation sites is 1. The van der Waals surface area contributed by atoms with Crippen LogP contribution >= 0.6 is 0 Å². The molecule has 1 fully saturated rings. The molecule has 0 saturated heterocycles. The highest BCUT2D eigenvalue weighted by atomic mass is 16.6. The van der Waals surface area contributed by atoms with Gasteiger partial charge in [-0.25, -0.2) is 0 Å². The van der Waals surface area contributed by atoms with Crippen LogP contribution in [0, 0.1) is 22.0 Å². The number of nitrogens with zero attached hydrogens (tertiary/aromatic N) is 1. The van der Waals surface area contributed by atoms with Crippen molar-refractivity contribution in [2.24, 2.45) is 11.8 Å². The molecule has 2 atom stereocenters. The Morgan fingerprint density at radius 2 is 1.85 bits per heavy atom. The maximum atomic E-state index is 11.0. The van der Waals surface area contributed by atoms with Crippen LogP contribution in [0.25, 0.3) is 0 Å². The lowest BCUT2D eigenvalue weighted by atomic mass is 9.80. The Hall–Kier alpha value is -1.42. The van der Waals surface area contributed by atoms with Gasteiger partial charge in [0.05, 0.1) is 4.92 Å². The van der Waals surface area contributed by atoms with E-state index in [1.54, 1.807) is 12.1 Å². The van der Waals surface area contributed by atoms with Crippen molar-refractivity contribution in [1.29, 1.82) is 0 Å². The van der Waals surface area contributed by atoms with Gasteiger partial charge in [-0.2, -0.15) is 0 Å². The minimum Gasteiger partial charge on any atom is -0.314 e. The van der Waals surface area contributed by atoms with E-state index in [-0.39, 0.29) is 10.6 Å². The Balaban J connectivity index is 1.85. The van der Waals surface area contributed by atoms with Gasteiger partial charge in [0.1, 0.15) is 0 Å². The molecule has 2 unspecified atom stereocenters. The Morgan fingerprint density at radius 3 is 2.50 bits per heavy atom. The van der Waals surface area contributed by atoms with Crippen molar-refractivity contribution in [3.8, 4) is 0 Å². The minimum absolute atomic E-state index is 0.236. The molecule has 2 rings (SSSR count). The zero-order valence-corrected chi connectivity index (χ0v) is 12.3. The normalized spacial score (nSPS) is 26.4. The molecule has 4 heteroatoms. The molecule has 1 saturated carbocycles. The molecule has 0 aliphatic heterocycles. The number of nitrogens with one attached hydrogen (secondary N) is 1. The monoisotopic (exact) mass is 276 g/mol. The summed E-state index contributed by atoms with van der Waals surface area (Å²) in [5.74, 6) is 1.56. The van der Waals surface area contributed by atoms with E-state index in [0.29, 0.717) is 6.04 Å². The van der Waals surface area contributed by atoms with Crippen LogP contribution in [-0.4, -0.2) is 17.5 Å². The van der Waals surface area contributed by atoms with Crippen molar-refractivity contribution >= 4 is 5.69 Å². The van der Waals surface area contributed by atoms with Gasteiger partial charge in [0.15, 0.2) is 0 Å². The van der Waals surface area contributed by atoms with Crippen molar-refractivity contribution in [1.82, 2.24) is 5.32 Å². The van der Waals surface area contributed by atoms with Crippen LogP contribution in [0.5, 0.6) is 0 Å². The van der Waals surface area contributed by atoms with Gasteiger partial charge in [-0.15, -0.1) is 0 Å². The van der Waals surface area contributed by atoms with Gasteiger partial charge >= 0.3 is 0 Å². The minimum atomic E-state index is -0.292. The highest BCUT2D eigenvalue weighted by Crippen LogP contribution is 2.28. The molecule has 0 radical (unpaired) electrons. The Labute approximate surface area is 120 Å². The average molecular weight is 276 g/mol. The SMILES string of the molecule is CC1CC(C)CC(NCCc2ccccc2[N+](=O)[O-])C1. The fourth-order valence-corrected chi connectivity index (χ4v) is 3.42. The van der Waals surface area contributed by atoms with E-state index in [4.69, 9.17) is 0 Å². The second-order valence-corrected chi connectivity index (χ2v) is 6.20. The lowest BCUT2D eigenvalue weighted by Crippen LogP contribution is -2.37. The lowest BCUT2D eigenvalue weighted by Gasteiger charge is -2.32. The van der Waals surface area contributed by atoms with E-state index in [1.807, 2.05) is 12.1 Å². The van der Waals surface area contributed by atoms with E-state index in [2.05, 4.69) is 19.2 Å². The van der Waals surface area contributed by atoms with Gasteiger partial charge in [-0.1, -0.05) is 32.0 Å². The first-order chi connectivity index (χ1) is 9.56. The Morgan fingerprint density at radius 1 is 1.20 bits per heavy atom. The average Bonchev–Trinajstić information content (AvgIpc) is 2.38. The molecular weight excluding hydrogens is 252 g/mol. The first-order valence-corrected chi connectivity index (χ1v) is 7.52. The second-order valence-electron chi connectivity index (χ2n) is 6.20. The van der Waals surface area contributed by atoms with Gasteiger partial charge in [-0.05, 0) is 44.1 Å². The fourth-order valence-electron chi connectivity index (χ4n) is 3.42. The van der Waals surface area contributed by atoms with Crippen LogP contribution in [0.4, 0.5) is 5.69 Å². The largest absolute Gasteiger partial charge is 0.314 e. The first-order valence-electron chi connectivity index (χ1n) is 7.52. The molecule has 0 amide bonds. The summed E-state index contributed by atoms with van der Waals surface area (Å²) in [5, 5.41) is 14.5. The maximum Gasteiger partial charge on any atom is 0.272 e. The third-order valence-corrected chi connectivity index (χ3v) is 4.19. The summed E-state index contributed by atoms with van der Waals surface area (Å²) in [7, 11) is 0. The highest BCUT2D eigenvalue weighted by Gasteiger charge is 2.23. The van der Waals surface area contributed by atoms with Gasteiger partial charge in [-0.3, -0.25) is 10.1 Å². The van der Waals surface area contributed by atoms with E-state index in [1.165, 1.54) is 19.3 Å². The number of benzene rings is 1. The van der Waals surface area contributed by atoms with Gasteiger partial charge < -0.3 is 5.32 Å². The van der Waals surface area contributed by atoms with Crippen LogP contribution in [0.1, 0.15) is 38.7 Å². The van der Waals surface area contributed by atoms with Crippen molar-refractivity contribution in [2.45, 2.75) is 45.6 Å². The quantitative estimate of drug-likeness (QED) is 0.661. The van der Waals surface area contributed by atoms with Crippen LogP contribution in [0.2, 0.25) is 0 Å². The van der Waals surface area contributed by atoms with E-state index >= 15 is 0 Å². The summed E-state index contributed by atoms with van der Waals surface area (Å²) in [6.45, 7) is 5.44. The zero-order chi connectivity index (χ0) is 14.5. The van der Waals surface area contributed by atoms with Gasteiger partial charge in [0.2, 0.25) is 0 Å². The number of hydrogen-bond acceptors (Lipinski definition) is 3. The standard InChI is InChI=1S/C16H24N2O2/c1-12-9-13(2)11-15(10-12)17-8-7-14-5-3-4-6-16(14)18(19)20/h3-6,12-13,15,17H,7-11H2,1-2H3. The predicted molar refractivity (Wildman–Crippen MR) is 80.8 cm³/mol. The Bertz CT molecular complexity index is 452. The molecule has 20 heavy (non-hydrogen) atoms. The van der Waals surface area contributed by atoms with E-state index in [9.17, 15) is 10.1 Å². The molecule has 0 bridgehead atoms.